The summed E-state index contributed by atoms with van der Waals surface area (Å²) in [6.07, 6.45) is 0.744. The minimum Gasteiger partial charge on any atom is -0.349 e. The maximum Gasteiger partial charge on any atom is 0.306 e. The summed E-state index contributed by atoms with van der Waals surface area (Å²) in [4.78, 5) is 22.3. The number of carbonyl (C=O) groups excluding carboxylic acids is 1. The van der Waals surface area contributed by atoms with Gasteiger partial charge in [-0.25, -0.2) is 0 Å². The summed E-state index contributed by atoms with van der Waals surface area (Å²) in [7, 11) is 0. The molecule has 98 valence electrons. The molecule has 4 N–H and O–H groups in total. The van der Waals surface area contributed by atoms with E-state index in [1.54, 1.807) is 0 Å². The number of nitrogens with one attached hydrogen (secondary N) is 2. The molecule has 1 rings (SSSR count). The standard InChI is InChI=1S/C11H16N4O3/c1-3-7(2)13-11(16)8-5-4-6-9(14-12)10(8)15(17)18/h4-7,14H,3,12H2,1-2H3,(H,13,16). The highest BCUT2D eigenvalue weighted by molar-refractivity contribution is 6.00. The van der Waals surface area contributed by atoms with Gasteiger partial charge in [-0.05, 0) is 25.5 Å². The average Bonchev–Trinajstić information content (AvgIpc) is 2.37. The van der Waals surface area contributed by atoms with Crippen molar-refractivity contribution in [2.24, 2.45) is 5.84 Å². The average molecular weight is 252 g/mol. The van der Waals surface area contributed by atoms with Crippen molar-refractivity contribution in [3.8, 4) is 0 Å². The highest BCUT2D eigenvalue weighted by Gasteiger charge is 2.24. The molecule has 1 aromatic carbocycles. The van der Waals surface area contributed by atoms with E-state index in [4.69, 9.17) is 5.84 Å². The van der Waals surface area contributed by atoms with Crippen molar-refractivity contribution in [1.82, 2.24) is 5.32 Å². The van der Waals surface area contributed by atoms with E-state index in [9.17, 15) is 14.9 Å². The topological polar surface area (TPSA) is 110 Å². The summed E-state index contributed by atoms with van der Waals surface area (Å²) in [6.45, 7) is 3.74. The van der Waals surface area contributed by atoms with Crippen LogP contribution >= 0.6 is 0 Å². The molecule has 0 spiro atoms. The highest BCUT2D eigenvalue weighted by atomic mass is 16.6. The molecule has 0 saturated carbocycles. The first-order valence-corrected chi connectivity index (χ1v) is 5.56. The number of anilines is 1. The molecule has 18 heavy (non-hydrogen) atoms. The van der Waals surface area contributed by atoms with Gasteiger partial charge in [-0.1, -0.05) is 13.0 Å². The molecule has 0 saturated heterocycles. The Morgan fingerprint density at radius 2 is 2.22 bits per heavy atom. The van der Waals surface area contributed by atoms with Crippen LogP contribution in [0, 0.1) is 10.1 Å². The number of nitrogens with zero attached hydrogens (tertiary/aromatic N) is 1. The number of para-hydroxylation sites is 1. The van der Waals surface area contributed by atoms with Crippen LogP contribution in [0.3, 0.4) is 0 Å². The lowest BCUT2D eigenvalue weighted by molar-refractivity contribution is -0.384. The summed E-state index contributed by atoms with van der Waals surface area (Å²) < 4.78 is 0. The van der Waals surface area contributed by atoms with Crippen molar-refractivity contribution < 1.29 is 9.72 Å². The number of carbonyl (C=O) groups is 1. The number of nitrogen functional groups attached to an aromatic ring is 1. The molecule has 1 atom stereocenters. The molecule has 0 aliphatic carbocycles. The van der Waals surface area contributed by atoms with Gasteiger partial charge in [0.25, 0.3) is 5.91 Å². The molecule has 0 radical (unpaired) electrons. The zero-order chi connectivity index (χ0) is 13.7. The number of hydrogen-bond acceptors (Lipinski definition) is 5. The highest BCUT2D eigenvalue weighted by Crippen LogP contribution is 2.27. The van der Waals surface area contributed by atoms with Gasteiger partial charge in [-0.2, -0.15) is 0 Å². The second-order valence-corrected chi connectivity index (χ2v) is 3.89. The molecule has 1 unspecified atom stereocenters. The number of rotatable bonds is 5. The second-order valence-electron chi connectivity index (χ2n) is 3.89. The first-order chi connectivity index (χ1) is 8.51. The van der Waals surface area contributed by atoms with Crippen LogP contribution in [0.4, 0.5) is 11.4 Å². The molecule has 1 aromatic rings. The molecule has 7 nitrogen and oxygen atoms in total. The maximum absolute atomic E-state index is 11.9. The van der Waals surface area contributed by atoms with E-state index in [0.29, 0.717) is 0 Å². The van der Waals surface area contributed by atoms with Crippen LogP contribution in [0.2, 0.25) is 0 Å². The van der Waals surface area contributed by atoms with E-state index >= 15 is 0 Å². The molecular formula is C11H16N4O3. The smallest absolute Gasteiger partial charge is 0.306 e. The predicted octanol–water partition coefficient (Wildman–Crippen LogP) is 1.41. The van der Waals surface area contributed by atoms with Crippen LogP contribution in [-0.2, 0) is 0 Å². The first-order valence-electron chi connectivity index (χ1n) is 5.56. The Labute approximate surface area is 104 Å². The van der Waals surface area contributed by atoms with Gasteiger partial charge in [0.05, 0.1) is 4.92 Å². The van der Waals surface area contributed by atoms with Gasteiger partial charge in [0.15, 0.2) is 0 Å². The Kier molecular flexibility index (Phi) is 4.61. The van der Waals surface area contributed by atoms with Gasteiger partial charge in [-0.15, -0.1) is 0 Å². The fraction of sp³-hybridized carbons (Fsp3) is 0.364. The predicted molar refractivity (Wildman–Crippen MR) is 68.1 cm³/mol. The van der Waals surface area contributed by atoms with E-state index in [0.717, 1.165) is 6.42 Å². The third-order valence-corrected chi connectivity index (χ3v) is 2.61. The minimum absolute atomic E-state index is 0.00394. The van der Waals surface area contributed by atoms with Gasteiger partial charge in [-0.3, -0.25) is 20.8 Å². The molecule has 0 aromatic heterocycles. The molecule has 0 bridgehead atoms. The summed E-state index contributed by atoms with van der Waals surface area (Å²) in [6, 6.07) is 4.33. The number of amides is 1. The quantitative estimate of drug-likeness (QED) is 0.417. The Morgan fingerprint density at radius 3 is 2.72 bits per heavy atom. The van der Waals surface area contributed by atoms with E-state index in [1.165, 1.54) is 18.2 Å². The summed E-state index contributed by atoms with van der Waals surface area (Å²) >= 11 is 0. The zero-order valence-corrected chi connectivity index (χ0v) is 10.3. The van der Waals surface area contributed by atoms with E-state index in [2.05, 4.69) is 10.7 Å². The molecule has 0 aliphatic rings. The van der Waals surface area contributed by atoms with Crippen molar-refractivity contribution in [3.63, 3.8) is 0 Å². The zero-order valence-electron chi connectivity index (χ0n) is 10.3. The van der Waals surface area contributed by atoms with Crippen molar-refractivity contribution >= 4 is 17.3 Å². The van der Waals surface area contributed by atoms with Crippen LogP contribution < -0.4 is 16.6 Å². The third kappa shape index (κ3) is 2.95. The number of hydrazine groups is 1. The monoisotopic (exact) mass is 252 g/mol. The van der Waals surface area contributed by atoms with Gasteiger partial charge in [0, 0.05) is 6.04 Å². The van der Waals surface area contributed by atoms with Gasteiger partial charge in [0.2, 0.25) is 0 Å². The first kappa shape index (κ1) is 13.9. The lowest BCUT2D eigenvalue weighted by atomic mass is 10.1. The van der Waals surface area contributed by atoms with Crippen LogP contribution in [0.1, 0.15) is 30.6 Å². The molecule has 7 heteroatoms. The number of benzene rings is 1. The minimum atomic E-state index is -0.624. The van der Waals surface area contributed by atoms with Crippen molar-refractivity contribution in [1.29, 1.82) is 0 Å². The molecule has 0 aliphatic heterocycles. The largest absolute Gasteiger partial charge is 0.349 e. The van der Waals surface area contributed by atoms with Gasteiger partial charge >= 0.3 is 5.69 Å². The summed E-state index contributed by atoms with van der Waals surface area (Å²) in [5.74, 6) is 4.72. The SMILES string of the molecule is CCC(C)NC(=O)c1cccc(NN)c1[N+](=O)[O-]. The number of nitrogens with two attached hydrogens (primary N) is 1. The Balaban J connectivity index is 3.15. The summed E-state index contributed by atoms with van der Waals surface area (Å²) in [5, 5.41) is 13.7. The molecule has 0 heterocycles. The maximum atomic E-state index is 11.9. The van der Waals surface area contributed by atoms with Crippen LogP contribution in [0.25, 0.3) is 0 Å². The van der Waals surface area contributed by atoms with Crippen LogP contribution in [-0.4, -0.2) is 16.9 Å². The second kappa shape index (κ2) is 5.97. The Morgan fingerprint density at radius 1 is 1.56 bits per heavy atom. The van der Waals surface area contributed by atoms with Crippen LogP contribution in [0.5, 0.6) is 0 Å². The van der Waals surface area contributed by atoms with Crippen molar-refractivity contribution in [3.05, 3.63) is 33.9 Å². The number of hydrogen-bond donors (Lipinski definition) is 3. The van der Waals surface area contributed by atoms with E-state index in [1.807, 2.05) is 13.8 Å². The van der Waals surface area contributed by atoms with Gasteiger partial charge < -0.3 is 10.7 Å². The fourth-order valence-corrected chi connectivity index (χ4v) is 1.44. The van der Waals surface area contributed by atoms with E-state index in [-0.39, 0.29) is 23.0 Å². The summed E-state index contributed by atoms with van der Waals surface area (Å²) in [5.41, 5.74) is 2.00. The molecule has 0 fully saturated rings. The van der Waals surface area contributed by atoms with Crippen molar-refractivity contribution in [2.45, 2.75) is 26.3 Å². The number of nitro benzene ring substituents is 1. The molecular weight excluding hydrogens is 236 g/mol. The fourth-order valence-electron chi connectivity index (χ4n) is 1.44. The number of nitro groups is 1. The van der Waals surface area contributed by atoms with Crippen molar-refractivity contribution in [2.75, 3.05) is 5.43 Å². The Hall–Kier alpha value is -2.15. The van der Waals surface area contributed by atoms with Gasteiger partial charge in [0.1, 0.15) is 11.3 Å². The third-order valence-electron chi connectivity index (χ3n) is 2.61. The van der Waals surface area contributed by atoms with Crippen LogP contribution in [0.15, 0.2) is 18.2 Å². The van der Waals surface area contributed by atoms with E-state index < -0.39 is 10.8 Å². The lowest BCUT2D eigenvalue weighted by Crippen LogP contribution is -2.32. The normalized spacial score (nSPS) is 11.7. The Bertz CT molecular complexity index is 462. The molecule has 1 amide bonds. The lowest BCUT2D eigenvalue weighted by Gasteiger charge is -2.12.